The van der Waals surface area contributed by atoms with Gasteiger partial charge in [-0.25, -0.2) is 8.78 Å². The van der Waals surface area contributed by atoms with Gasteiger partial charge in [0.25, 0.3) is 5.91 Å². The van der Waals surface area contributed by atoms with E-state index in [0.29, 0.717) is 29.9 Å². The molecule has 0 aliphatic rings. The third-order valence-electron chi connectivity index (χ3n) is 3.37. The predicted molar refractivity (Wildman–Crippen MR) is 87.7 cm³/mol. The van der Waals surface area contributed by atoms with Gasteiger partial charge < -0.3 is 14.8 Å². The molecule has 0 unspecified atom stereocenters. The lowest BCUT2D eigenvalue weighted by atomic mass is 10.2. The molecule has 2 rings (SSSR count). The lowest BCUT2D eigenvalue weighted by molar-refractivity contribution is 0.102. The van der Waals surface area contributed by atoms with E-state index < -0.39 is 17.5 Å². The van der Waals surface area contributed by atoms with Crippen LogP contribution in [0.3, 0.4) is 0 Å². The fraction of sp³-hybridized carbons (Fsp3) is 0.278. The maximum Gasteiger partial charge on any atom is 0.258 e. The van der Waals surface area contributed by atoms with Crippen LogP contribution in [0.4, 0.5) is 14.5 Å². The zero-order valence-electron chi connectivity index (χ0n) is 13.6. The van der Waals surface area contributed by atoms with E-state index >= 15 is 0 Å². The van der Waals surface area contributed by atoms with Gasteiger partial charge >= 0.3 is 0 Å². The molecule has 0 spiro atoms. The predicted octanol–water partition coefficient (Wildman–Crippen LogP) is 4.40. The average Bonchev–Trinajstić information content (AvgIpc) is 2.56. The third-order valence-corrected chi connectivity index (χ3v) is 3.37. The van der Waals surface area contributed by atoms with Crippen LogP contribution in [0.5, 0.6) is 11.5 Å². The molecule has 2 aromatic carbocycles. The average molecular weight is 335 g/mol. The number of hydrogen-bond donors (Lipinski definition) is 1. The van der Waals surface area contributed by atoms with Crippen molar-refractivity contribution >= 4 is 11.6 Å². The quantitative estimate of drug-likeness (QED) is 0.763. The molecule has 0 atom stereocenters. The van der Waals surface area contributed by atoms with E-state index in [0.717, 1.165) is 25.0 Å². The Labute approximate surface area is 139 Å². The first-order valence-electron chi connectivity index (χ1n) is 7.62. The number of ether oxygens (including phenoxy) is 2. The fourth-order valence-electron chi connectivity index (χ4n) is 2.05. The zero-order valence-corrected chi connectivity index (χ0v) is 13.6. The Morgan fingerprint density at radius 3 is 2.62 bits per heavy atom. The largest absolute Gasteiger partial charge is 0.497 e. The first kappa shape index (κ1) is 17.7. The molecule has 0 fully saturated rings. The summed E-state index contributed by atoms with van der Waals surface area (Å²) in [5.41, 5.74) is 0.109. The van der Waals surface area contributed by atoms with E-state index in [2.05, 4.69) is 5.32 Å². The molecule has 2 aromatic rings. The number of rotatable bonds is 7. The highest BCUT2D eigenvalue weighted by Crippen LogP contribution is 2.30. The molecule has 0 aliphatic carbocycles. The molecule has 0 radical (unpaired) electrons. The third kappa shape index (κ3) is 4.44. The number of nitrogens with one attached hydrogen (secondary N) is 1. The van der Waals surface area contributed by atoms with Crippen LogP contribution in [-0.2, 0) is 0 Å². The lowest BCUT2D eigenvalue weighted by Crippen LogP contribution is -2.15. The van der Waals surface area contributed by atoms with Crippen LogP contribution in [0.25, 0.3) is 0 Å². The van der Waals surface area contributed by atoms with Crippen molar-refractivity contribution < 1.29 is 23.0 Å². The van der Waals surface area contributed by atoms with Crippen molar-refractivity contribution in [3.8, 4) is 11.5 Å². The number of methoxy groups -OCH3 is 1. The number of unbranched alkanes of at least 4 members (excludes halogenated alkanes) is 1. The second-order valence-corrected chi connectivity index (χ2v) is 5.14. The van der Waals surface area contributed by atoms with Crippen LogP contribution >= 0.6 is 0 Å². The van der Waals surface area contributed by atoms with Gasteiger partial charge in [-0.05, 0) is 30.7 Å². The second kappa shape index (κ2) is 8.29. The molecule has 6 heteroatoms. The minimum atomic E-state index is -0.927. The van der Waals surface area contributed by atoms with Gasteiger partial charge in [0, 0.05) is 12.1 Å². The first-order chi connectivity index (χ1) is 11.5. The SMILES string of the molecule is CCCCOc1ccc(OC)cc1NC(=O)c1ccc(F)cc1F. The minimum Gasteiger partial charge on any atom is -0.497 e. The summed E-state index contributed by atoms with van der Waals surface area (Å²) >= 11 is 0. The van der Waals surface area contributed by atoms with Gasteiger partial charge in [0.1, 0.15) is 23.1 Å². The summed E-state index contributed by atoms with van der Waals surface area (Å²) in [6.07, 6.45) is 1.84. The molecule has 128 valence electrons. The Morgan fingerprint density at radius 2 is 1.96 bits per heavy atom. The molecule has 24 heavy (non-hydrogen) atoms. The monoisotopic (exact) mass is 335 g/mol. The fourth-order valence-corrected chi connectivity index (χ4v) is 2.05. The number of carbonyl (C=O) groups is 1. The highest BCUT2D eigenvalue weighted by Gasteiger charge is 2.15. The van der Waals surface area contributed by atoms with Gasteiger partial charge in [-0.2, -0.15) is 0 Å². The summed E-state index contributed by atoms with van der Waals surface area (Å²) < 4.78 is 37.5. The molecule has 0 heterocycles. The number of carbonyl (C=O) groups excluding carboxylic acids is 1. The standard InChI is InChI=1S/C18H19F2NO3/c1-3-4-9-24-17-8-6-13(23-2)11-16(17)21-18(22)14-7-5-12(19)10-15(14)20/h5-8,10-11H,3-4,9H2,1-2H3,(H,21,22). The van der Waals surface area contributed by atoms with Crippen LogP contribution in [-0.4, -0.2) is 19.6 Å². The molecule has 4 nitrogen and oxygen atoms in total. The van der Waals surface area contributed by atoms with Gasteiger partial charge in [0.05, 0.1) is 25.0 Å². The Balaban J connectivity index is 2.23. The van der Waals surface area contributed by atoms with Crippen molar-refractivity contribution in [1.82, 2.24) is 0 Å². The normalized spacial score (nSPS) is 10.3. The Kier molecular flexibility index (Phi) is 6.12. The smallest absolute Gasteiger partial charge is 0.258 e. The van der Waals surface area contributed by atoms with Crippen LogP contribution < -0.4 is 14.8 Å². The Hall–Kier alpha value is -2.63. The van der Waals surface area contributed by atoms with Gasteiger partial charge in [-0.15, -0.1) is 0 Å². The first-order valence-corrected chi connectivity index (χ1v) is 7.62. The van der Waals surface area contributed by atoms with Crippen LogP contribution in [0.15, 0.2) is 36.4 Å². The lowest BCUT2D eigenvalue weighted by Gasteiger charge is -2.14. The summed E-state index contributed by atoms with van der Waals surface area (Å²) in [6.45, 7) is 2.54. The van der Waals surface area contributed by atoms with Crippen molar-refractivity contribution in [1.29, 1.82) is 0 Å². The van der Waals surface area contributed by atoms with Crippen molar-refractivity contribution in [2.24, 2.45) is 0 Å². The molecule has 0 saturated heterocycles. The van der Waals surface area contributed by atoms with Crippen molar-refractivity contribution in [3.05, 3.63) is 53.6 Å². The topological polar surface area (TPSA) is 47.6 Å². The summed E-state index contributed by atoms with van der Waals surface area (Å²) in [5.74, 6) is -1.38. The number of amides is 1. The van der Waals surface area contributed by atoms with E-state index in [9.17, 15) is 13.6 Å². The molecule has 0 aliphatic heterocycles. The molecule has 0 aromatic heterocycles. The van der Waals surface area contributed by atoms with Gasteiger partial charge in [-0.1, -0.05) is 13.3 Å². The highest BCUT2D eigenvalue weighted by molar-refractivity contribution is 6.05. The summed E-state index contributed by atoms with van der Waals surface area (Å²) in [7, 11) is 1.50. The van der Waals surface area contributed by atoms with Crippen molar-refractivity contribution in [2.75, 3.05) is 19.0 Å². The summed E-state index contributed by atoms with van der Waals surface area (Å²) in [6, 6.07) is 7.75. The number of benzene rings is 2. The Bertz CT molecular complexity index is 719. The number of anilines is 1. The summed E-state index contributed by atoms with van der Waals surface area (Å²) in [5, 5.41) is 2.58. The van der Waals surface area contributed by atoms with E-state index in [-0.39, 0.29) is 5.56 Å². The van der Waals surface area contributed by atoms with Crippen molar-refractivity contribution in [2.45, 2.75) is 19.8 Å². The highest BCUT2D eigenvalue weighted by atomic mass is 19.1. The summed E-state index contributed by atoms with van der Waals surface area (Å²) in [4.78, 5) is 12.3. The van der Waals surface area contributed by atoms with Gasteiger partial charge in [0.15, 0.2) is 0 Å². The Morgan fingerprint density at radius 1 is 1.17 bits per heavy atom. The molecule has 1 N–H and O–H groups in total. The van der Waals surface area contributed by atoms with E-state index in [1.54, 1.807) is 18.2 Å². The maximum atomic E-state index is 13.7. The minimum absolute atomic E-state index is 0.251. The van der Waals surface area contributed by atoms with Gasteiger partial charge in [-0.3, -0.25) is 4.79 Å². The number of halogens is 2. The van der Waals surface area contributed by atoms with Crippen LogP contribution in [0.2, 0.25) is 0 Å². The van der Waals surface area contributed by atoms with Gasteiger partial charge in [0.2, 0.25) is 0 Å². The number of hydrogen-bond acceptors (Lipinski definition) is 3. The van der Waals surface area contributed by atoms with Crippen molar-refractivity contribution in [3.63, 3.8) is 0 Å². The molecular weight excluding hydrogens is 316 g/mol. The second-order valence-electron chi connectivity index (χ2n) is 5.14. The molecule has 0 saturated carbocycles. The van der Waals surface area contributed by atoms with Crippen LogP contribution in [0.1, 0.15) is 30.1 Å². The zero-order chi connectivity index (χ0) is 17.5. The maximum absolute atomic E-state index is 13.7. The molecular formula is C18H19F2NO3. The molecule has 0 bridgehead atoms. The van der Waals surface area contributed by atoms with E-state index in [1.807, 2.05) is 6.92 Å². The molecule has 1 amide bonds. The van der Waals surface area contributed by atoms with E-state index in [4.69, 9.17) is 9.47 Å². The van der Waals surface area contributed by atoms with Crippen LogP contribution in [0, 0.1) is 11.6 Å². The van der Waals surface area contributed by atoms with E-state index in [1.165, 1.54) is 7.11 Å².